The molecule has 0 aliphatic heterocycles. The fourth-order valence-electron chi connectivity index (χ4n) is 1.43. The van der Waals surface area contributed by atoms with Gasteiger partial charge in [-0.1, -0.05) is 23.5 Å². The summed E-state index contributed by atoms with van der Waals surface area (Å²) in [6.07, 6.45) is 0. The first-order valence-corrected chi connectivity index (χ1v) is 5.34. The number of likely N-dealkylation sites (N-methyl/N-ethyl adjacent to an activating group) is 1. The van der Waals surface area contributed by atoms with Gasteiger partial charge >= 0.3 is 4.87 Å². The summed E-state index contributed by atoms with van der Waals surface area (Å²) in [6, 6.07) is 7.29. The number of para-hydroxylation sites is 1. The summed E-state index contributed by atoms with van der Waals surface area (Å²) < 4.78 is 2.06. The average molecular weight is 222 g/mol. The van der Waals surface area contributed by atoms with Gasteiger partial charge in [-0.3, -0.25) is 9.59 Å². The third-order valence-electron chi connectivity index (χ3n) is 2.06. The van der Waals surface area contributed by atoms with Gasteiger partial charge in [-0.05, 0) is 19.2 Å². The molecule has 4 nitrogen and oxygen atoms in total. The maximum atomic E-state index is 11.6. The molecule has 5 heteroatoms. The van der Waals surface area contributed by atoms with Crippen LogP contribution < -0.4 is 10.2 Å². The molecule has 0 bridgehead atoms. The van der Waals surface area contributed by atoms with Gasteiger partial charge in [-0.2, -0.15) is 0 Å². The second kappa shape index (κ2) is 3.96. The van der Waals surface area contributed by atoms with Gasteiger partial charge in [0.2, 0.25) is 5.91 Å². The summed E-state index contributed by atoms with van der Waals surface area (Å²) in [5.41, 5.74) is 0.688. The minimum Gasteiger partial charge on any atom is -0.311 e. The van der Waals surface area contributed by atoms with Crippen LogP contribution in [0.1, 0.15) is 4.79 Å². The van der Waals surface area contributed by atoms with Crippen molar-refractivity contribution >= 4 is 27.5 Å². The van der Waals surface area contributed by atoms with Crippen LogP contribution in [0.3, 0.4) is 0 Å². The number of nitrogens with zero attached hydrogens (tertiary/aromatic N) is 1. The molecule has 0 aliphatic rings. The van der Waals surface area contributed by atoms with Crippen molar-refractivity contribution in [2.45, 2.75) is 0 Å². The van der Waals surface area contributed by atoms with Crippen LogP contribution in [0.2, 0.25) is 0 Å². The van der Waals surface area contributed by atoms with Crippen LogP contribution >= 0.6 is 11.3 Å². The Balaban J connectivity index is 2.64. The Bertz CT molecular complexity index is 556. The van der Waals surface area contributed by atoms with Crippen LogP contribution in [-0.2, 0) is 0 Å². The zero-order chi connectivity index (χ0) is 10.8. The van der Waals surface area contributed by atoms with Crippen LogP contribution in [0.25, 0.3) is 10.2 Å². The lowest BCUT2D eigenvalue weighted by Crippen LogP contribution is -2.29. The maximum absolute atomic E-state index is 11.6. The van der Waals surface area contributed by atoms with Crippen molar-refractivity contribution in [1.29, 1.82) is 0 Å². The van der Waals surface area contributed by atoms with E-state index in [2.05, 4.69) is 5.32 Å². The lowest BCUT2D eigenvalue weighted by atomic mass is 10.3. The molecular formula is C10H10N2O2S. The van der Waals surface area contributed by atoms with E-state index in [0.717, 1.165) is 16.0 Å². The molecule has 0 aliphatic carbocycles. The Morgan fingerprint density at radius 2 is 2.20 bits per heavy atom. The van der Waals surface area contributed by atoms with E-state index in [4.69, 9.17) is 0 Å². The molecule has 0 fully saturated rings. The summed E-state index contributed by atoms with van der Waals surface area (Å²) in [7, 11) is 1.68. The van der Waals surface area contributed by atoms with E-state index in [-0.39, 0.29) is 17.3 Å². The van der Waals surface area contributed by atoms with E-state index < -0.39 is 0 Å². The Hall–Kier alpha value is -1.46. The minimum atomic E-state index is -0.226. The Labute approximate surface area is 90.2 Å². The fourth-order valence-corrected chi connectivity index (χ4v) is 2.32. The van der Waals surface area contributed by atoms with Crippen LogP contribution in [0.4, 0.5) is 0 Å². The molecule has 0 spiro atoms. The third-order valence-corrected chi connectivity index (χ3v) is 2.99. The number of carbonyl (C=O) groups excluding carboxylic acids is 1. The molecule has 78 valence electrons. The van der Waals surface area contributed by atoms with Crippen molar-refractivity contribution < 1.29 is 4.79 Å². The predicted octanol–water partition coefficient (Wildman–Crippen LogP) is 0.923. The van der Waals surface area contributed by atoms with Crippen LogP contribution in [0, 0.1) is 0 Å². The maximum Gasteiger partial charge on any atom is 0.315 e. The highest BCUT2D eigenvalue weighted by molar-refractivity contribution is 7.16. The highest BCUT2D eigenvalue weighted by Gasteiger charge is 2.12. The highest BCUT2D eigenvalue weighted by Crippen LogP contribution is 2.15. The van der Waals surface area contributed by atoms with Crippen molar-refractivity contribution in [2.75, 3.05) is 13.6 Å². The standard InChI is InChI=1S/C10H10N2O2S/c1-11-6-9(13)12-7-4-2-3-5-8(7)15-10(12)14/h2-5,11H,6H2,1H3. The number of fused-ring (bicyclic) bond motifs is 1. The van der Waals surface area contributed by atoms with E-state index in [9.17, 15) is 9.59 Å². The summed E-state index contributed by atoms with van der Waals surface area (Å²) >= 11 is 1.09. The molecule has 0 atom stereocenters. The SMILES string of the molecule is CNCC(=O)n1c(=O)sc2ccccc21. The molecule has 0 saturated heterocycles. The van der Waals surface area contributed by atoms with Crippen molar-refractivity contribution in [1.82, 2.24) is 9.88 Å². The topological polar surface area (TPSA) is 51.1 Å². The summed E-state index contributed by atoms with van der Waals surface area (Å²) in [5.74, 6) is -0.222. The normalized spacial score (nSPS) is 10.7. The zero-order valence-corrected chi connectivity index (χ0v) is 9.00. The molecule has 2 rings (SSSR count). The van der Waals surface area contributed by atoms with E-state index in [1.807, 2.05) is 18.2 Å². The van der Waals surface area contributed by atoms with Crippen LogP contribution in [0.15, 0.2) is 29.1 Å². The number of carbonyl (C=O) groups is 1. The van der Waals surface area contributed by atoms with Gasteiger partial charge in [0.05, 0.1) is 16.8 Å². The van der Waals surface area contributed by atoms with E-state index >= 15 is 0 Å². The zero-order valence-electron chi connectivity index (χ0n) is 8.19. The molecule has 0 radical (unpaired) electrons. The first-order valence-electron chi connectivity index (χ1n) is 4.52. The van der Waals surface area contributed by atoms with Gasteiger partial charge in [0, 0.05) is 0 Å². The minimum absolute atomic E-state index is 0.167. The van der Waals surface area contributed by atoms with E-state index in [1.54, 1.807) is 13.1 Å². The van der Waals surface area contributed by atoms with Gasteiger partial charge in [0.1, 0.15) is 0 Å². The number of rotatable bonds is 2. The van der Waals surface area contributed by atoms with Crippen molar-refractivity contribution in [3.05, 3.63) is 33.9 Å². The lowest BCUT2D eigenvalue weighted by molar-refractivity contribution is 0.0918. The number of hydrogen-bond donors (Lipinski definition) is 1. The predicted molar refractivity (Wildman–Crippen MR) is 60.6 cm³/mol. The number of thiazole rings is 1. The van der Waals surface area contributed by atoms with Crippen molar-refractivity contribution in [2.24, 2.45) is 0 Å². The van der Waals surface area contributed by atoms with Gasteiger partial charge in [-0.15, -0.1) is 0 Å². The van der Waals surface area contributed by atoms with Gasteiger partial charge in [0.25, 0.3) is 0 Å². The van der Waals surface area contributed by atoms with Gasteiger partial charge in [0.15, 0.2) is 0 Å². The van der Waals surface area contributed by atoms with Crippen LogP contribution in [-0.4, -0.2) is 24.1 Å². The second-order valence-corrected chi connectivity index (χ2v) is 4.09. The quantitative estimate of drug-likeness (QED) is 0.822. The van der Waals surface area contributed by atoms with Gasteiger partial charge < -0.3 is 5.32 Å². The fraction of sp³-hybridized carbons (Fsp3) is 0.200. The molecule has 15 heavy (non-hydrogen) atoms. The van der Waals surface area contributed by atoms with Gasteiger partial charge in [-0.25, -0.2) is 4.57 Å². The number of hydrogen-bond acceptors (Lipinski definition) is 4. The Morgan fingerprint density at radius 3 is 2.93 bits per heavy atom. The molecule has 1 N–H and O–H groups in total. The molecular weight excluding hydrogens is 212 g/mol. The highest BCUT2D eigenvalue weighted by atomic mass is 32.1. The Morgan fingerprint density at radius 1 is 1.47 bits per heavy atom. The van der Waals surface area contributed by atoms with Crippen molar-refractivity contribution in [3.63, 3.8) is 0 Å². The molecule has 1 aromatic heterocycles. The summed E-state index contributed by atoms with van der Waals surface area (Å²) in [6.45, 7) is 0.167. The number of nitrogens with one attached hydrogen (secondary N) is 1. The molecule has 0 amide bonds. The first kappa shape index (κ1) is 10.1. The summed E-state index contributed by atoms with van der Waals surface area (Å²) in [5, 5.41) is 2.74. The van der Waals surface area contributed by atoms with E-state index in [1.165, 1.54) is 4.57 Å². The molecule has 2 aromatic rings. The average Bonchev–Trinajstić information content (AvgIpc) is 2.54. The molecule has 0 unspecified atom stereocenters. The molecule has 1 aromatic carbocycles. The second-order valence-electron chi connectivity index (χ2n) is 3.10. The largest absolute Gasteiger partial charge is 0.315 e. The smallest absolute Gasteiger partial charge is 0.311 e. The first-order chi connectivity index (χ1) is 7.24. The van der Waals surface area contributed by atoms with E-state index in [0.29, 0.717) is 5.52 Å². The number of benzene rings is 1. The number of aromatic nitrogens is 1. The monoisotopic (exact) mass is 222 g/mol. The molecule has 0 saturated carbocycles. The lowest BCUT2D eigenvalue weighted by Gasteiger charge is -2.00. The molecule has 1 heterocycles. The van der Waals surface area contributed by atoms with Crippen LogP contribution in [0.5, 0.6) is 0 Å². The summed E-state index contributed by atoms with van der Waals surface area (Å²) in [4.78, 5) is 23.0. The van der Waals surface area contributed by atoms with Crippen molar-refractivity contribution in [3.8, 4) is 0 Å². The Kier molecular flexibility index (Phi) is 2.66. The third kappa shape index (κ3) is 1.71.